The number of nitrogens with two attached hydrogens (primary N) is 1. The van der Waals surface area contributed by atoms with Crippen molar-refractivity contribution >= 4 is 28.6 Å². The molecule has 0 amide bonds. The lowest BCUT2D eigenvalue weighted by Gasteiger charge is -2.11. The van der Waals surface area contributed by atoms with Gasteiger partial charge in [0.05, 0.1) is 6.61 Å². The molecule has 94 valence electrons. The van der Waals surface area contributed by atoms with Crippen LogP contribution in [-0.2, 0) is 11.3 Å². The van der Waals surface area contributed by atoms with E-state index in [0.717, 1.165) is 6.20 Å². The van der Waals surface area contributed by atoms with E-state index in [4.69, 9.17) is 10.5 Å². The van der Waals surface area contributed by atoms with E-state index in [0.29, 0.717) is 5.56 Å². The molecule has 4 nitrogen and oxygen atoms in total. The molecule has 0 bridgehead atoms. The second kappa shape index (κ2) is 6.20. The van der Waals surface area contributed by atoms with Crippen LogP contribution in [0.5, 0.6) is 0 Å². The molecule has 2 N–H and O–H groups in total. The zero-order valence-electron chi connectivity index (χ0n) is 9.04. The third-order valence-corrected chi connectivity index (χ3v) is 3.32. The highest BCUT2D eigenvalue weighted by Gasteiger charge is 2.21. The van der Waals surface area contributed by atoms with Crippen molar-refractivity contribution in [3.05, 3.63) is 26.6 Å². The maximum atomic E-state index is 12.6. The largest absolute Gasteiger partial charge is 0.461 e. The number of rotatable bonds is 4. The van der Waals surface area contributed by atoms with E-state index in [9.17, 15) is 13.6 Å². The van der Waals surface area contributed by atoms with Crippen LogP contribution in [0.15, 0.2) is 6.20 Å². The lowest BCUT2D eigenvalue weighted by atomic mass is 10.1. The summed E-state index contributed by atoms with van der Waals surface area (Å²) in [6, 6.07) is 0. The molecule has 7 heteroatoms. The summed E-state index contributed by atoms with van der Waals surface area (Å²) >= 11 is 1.74. The summed E-state index contributed by atoms with van der Waals surface area (Å²) in [5.74, 6) is -0.647. The number of pyridine rings is 1. The normalized spacial score (nSPS) is 10.7. The van der Waals surface area contributed by atoms with E-state index in [1.165, 1.54) is 0 Å². The molecule has 1 aromatic heterocycles. The predicted octanol–water partition coefficient (Wildman–Crippen LogP) is 2.26. The fraction of sp³-hybridized carbons (Fsp3) is 0.400. The van der Waals surface area contributed by atoms with Crippen molar-refractivity contribution in [2.24, 2.45) is 5.73 Å². The van der Waals surface area contributed by atoms with Crippen LogP contribution in [0.3, 0.4) is 0 Å². The quantitative estimate of drug-likeness (QED) is 0.664. The van der Waals surface area contributed by atoms with Gasteiger partial charge in [-0.15, -0.1) is 0 Å². The van der Waals surface area contributed by atoms with Crippen LogP contribution in [0, 0.1) is 3.57 Å². The van der Waals surface area contributed by atoms with Gasteiger partial charge < -0.3 is 10.5 Å². The van der Waals surface area contributed by atoms with E-state index >= 15 is 0 Å². The van der Waals surface area contributed by atoms with Crippen molar-refractivity contribution < 1.29 is 18.3 Å². The van der Waals surface area contributed by atoms with Crippen molar-refractivity contribution in [1.82, 2.24) is 4.98 Å². The van der Waals surface area contributed by atoms with Crippen LogP contribution in [0.25, 0.3) is 0 Å². The van der Waals surface area contributed by atoms with Gasteiger partial charge in [-0.2, -0.15) is 0 Å². The van der Waals surface area contributed by atoms with Crippen molar-refractivity contribution in [3.8, 4) is 0 Å². The molecule has 0 aliphatic carbocycles. The second-order valence-corrected chi connectivity index (χ2v) is 4.16. The number of hydrogen-bond donors (Lipinski definition) is 1. The molecule has 0 saturated heterocycles. The summed E-state index contributed by atoms with van der Waals surface area (Å²) < 4.78 is 30.3. The molecule has 0 aromatic carbocycles. The molecular formula is C10H11F2IN2O2. The van der Waals surface area contributed by atoms with E-state index in [-0.39, 0.29) is 28.0 Å². The third-order valence-electron chi connectivity index (χ3n) is 2.04. The zero-order chi connectivity index (χ0) is 13.0. The molecule has 1 rings (SSSR count). The number of carbonyl (C=O) groups excluding carboxylic acids is 1. The van der Waals surface area contributed by atoms with E-state index in [1.54, 1.807) is 29.5 Å². The standard InChI is InChI=1S/C10H11F2IN2O2/c1-2-17-10(16)8-5(3-14)7(13)6(4-15-8)9(11)12/h4,9H,2-3,14H2,1H3. The molecule has 1 aromatic rings. The average molecular weight is 356 g/mol. The van der Waals surface area contributed by atoms with Crippen molar-refractivity contribution in [2.75, 3.05) is 6.61 Å². The Morgan fingerprint density at radius 3 is 2.76 bits per heavy atom. The Kier molecular flexibility index (Phi) is 5.19. The monoisotopic (exact) mass is 356 g/mol. The van der Waals surface area contributed by atoms with Crippen molar-refractivity contribution in [2.45, 2.75) is 19.9 Å². The van der Waals surface area contributed by atoms with Gasteiger partial charge in [0, 0.05) is 27.4 Å². The molecule has 0 atom stereocenters. The predicted molar refractivity (Wildman–Crippen MR) is 65.8 cm³/mol. The second-order valence-electron chi connectivity index (χ2n) is 3.08. The van der Waals surface area contributed by atoms with Crippen molar-refractivity contribution in [3.63, 3.8) is 0 Å². The number of carbonyl (C=O) groups is 1. The SMILES string of the molecule is CCOC(=O)c1ncc(C(F)F)c(I)c1CN. The first-order valence-corrected chi connectivity index (χ1v) is 5.93. The molecule has 0 aliphatic rings. The molecular weight excluding hydrogens is 345 g/mol. The Morgan fingerprint density at radius 1 is 1.65 bits per heavy atom. The summed E-state index contributed by atoms with van der Waals surface area (Å²) in [4.78, 5) is 15.2. The smallest absolute Gasteiger partial charge is 0.357 e. The number of ether oxygens (including phenoxy) is 1. The van der Waals surface area contributed by atoms with Crippen LogP contribution in [-0.4, -0.2) is 17.6 Å². The Labute approximate surface area is 111 Å². The lowest BCUT2D eigenvalue weighted by Crippen LogP contribution is -2.16. The molecule has 17 heavy (non-hydrogen) atoms. The van der Waals surface area contributed by atoms with E-state index in [2.05, 4.69) is 4.98 Å². The number of halogens is 3. The molecule has 1 heterocycles. The van der Waals surface area contributed by atoms with Gasteiger partial charge in [0.1, 0.15) is 0 Å². The van der Waals surface area contributed by atoms with Gasteiger partial charge in [0.15, 0.2) is 5.69 Å². The molecule has 0 aliphatic heterocycles. The molecule has 0 fully saturated rings. The van der Waals surface area contributed by atoms with Crippen LogP contribution in [0.4, 0.5) is 8.78 Å². The summed E-state index contributed by atoms with van der Waals surface area (Å²) in [7, 11) is 0. The van der Waals surface area contributed by atoms with Crippen LogP contribution in [0.1, 0.15) is 35.0 Å². The minimum Gasteiger partial charge on any atom is -0.461 e. The average Bonchev–Trinajstić information content (AvgIpc) is 2.28. The number of hydrogen-bond acceptors (Lipinski definition) is 4. The lowest BCUT2D eigenvalue weighted by molar-refractivity contribution is 0.0517. The Bertz CT molecular complexity index is 427. The summed E-state index contributed by atoms with van der Waals surface area (Å²) in [6.45, 7) is 1.80. The van der Waals surface area contributed by atoms with Crippen LogP contribution < -0.4 is 5.73 Å². The molecule has 0 radical (unpaired) electrons. The first kappa shape index (κ1) is 14.2. The topological polar surface area (TPSA) is 65.2 Å². The third kappa shape index (κ3) is 3.09. The fourth-order valence-electron chi connectivity index (χ4n) is 1.26. The Morgan fingerprint density at radius 2 is 2.29 bits per heavy atom. The van der Waals surface area contributed by atoms with Gasteiger partial charge in [-0.05, 0) is 29.5 Å². The molecule has 0 saturated carbocycles. The van der Waals surface area contributed by atoms with Gasteiger partial charge in [0.2, 0.25) is 0 Å². The van der Waals surface area contributed by atoms with E-state index in [1.807, 2.05) is 0 Å². The maximum absolute atomic E-state index is 12.6. The highest BCUT2D eigenvalue weighted by atomic mass is 127. The molecule has 0 spiro atoms. The highest BCUT2D eigenvalue weighted by Crippen LogP contribution is 2.27. The maximum Gasteiger partial charge on any atom is 0.357 e. The summed E-state index contributed by atoms with van der Waals surface area (Å²) in [6.07, 6.45) is -1.66. The zero-order valence-corrected chi connectivity index (χ0v) is 11.2. The minimum absolute atomic E-state index is 0.00292. The van der Waals surface area contributed by atoms with Gasteiger partial charge in [0.25, 0.3) is 6.43 Å². The van der Waals surface area contributed by atoms with Crippen LogP contribution >= 0.6 is 22.6 Å². The highest BCUT2D eigenvalue weighted by molar-refractivity contribution is 14.1. The van der Waals surface area contributed by atoms with Gasteiger partial charge in [-0.3, -0.25) is 0 Å². The summed E-state index contributed by atoms with van der Waals surface area (Å²) in [5, 5.41) is 0. The Hall–Kier alpha value is -0.830. The number of esters is 1. The summed E-state index contributed by atoms with van der Waals surface area (Å²) in [5.41, 5.74) is 5.53. The first-order valence-electron chi connectivity index (χ1n) is 4.85. The van der Waals surface area contributed by atoms with Crippen molar-refractivity contribution in [1.29, 1.82) is 0 Å². The van der Waals surface area contributed by atoms with E-state index < -0.39 is 12.4 Å². The Balaban J connectivity index is 3.25. The van der Waals surface area contributed by atoms with Gasteiger partial charge >= 0.3 is 5.97 Å². The van der Waals surface area contributed by atoms with Crippen LogP contribution in [0.2, 0.25) is 0 Å². The number of aromatic nitrogens is 1. The van der Waals surface area contributed by atoms with Gasteiger partial charge in [-0.25, -0.2) is 18.6 Å². The number of nitrogens with zero attached hydrogens (tertiary/aromatic N) is 1. The fourth-order valence-corrected chi connectivity index (χ4v) is 2.11. The number of alkyl halides is 2. The minimum atomic E-state index is -2.64. The first-order chi connectivity index (χ1) is 8.02. The van der Waals surface area contributed by atoms with Gasteiger partial charge in [-0.1, -0.05) is 0 Å². The molecule has 0 unspecified atom stereocenters.